The van der Waals surface area contributed by atoms with Crippen LogP contribution in [0.1, 0.15) is 15.9 Å². The van der Waals surface area contributed by atoms with E-state index in [0.29, 0.717) is 27.4 Å². The van der Waals surface area contributed by atoms with Crippen molar-refractivity contribution in [2.45, 2.75) is 0 Å². The molecular formula is C17H13N3O3S. The van der Waals surface area contributed by atoms with E-state index in [4.69, 9.17) is 5.73 Å². The smallest absolute Gasteiger partial charge is 0.290 e. The molecule has 7 heteroatoms. The number of imide groups is 1. The Kier molecular flexibility index (Phi) is 4.35. The fraction of sp³-hybridized carbons (Fsp3) is 0. The van der Waals surface area contributed by atoms with Crippen molar-refractivity contribution in [2.24, 2.45) is 0 Å². The number of anilines is 2. The Morgan fingerprint density at radius 2 is 1.88 bits per heavy atom. The molecule has 0 atom stereocenters. The third kappa shape index (κ3) is 3.64. The van der Waals surface area contributed by atoms with Crippen LogP contribution in [0.25, 0.3) is 6.08 Å². The topological polar surface area (TPSA) is 101 Å². The number of carbonyl (C=O) groups is 3. The van der Waals surface area contributed by atoms with Crippen LogP contribution in [0.2, 0.25) is 0 Å². The van der Waals surface area contributed by atoms with E-state index in [9.17, 15) is 14.4 Å². The standard InChI is InChI=1S/C17H13N3O3S/c18-12-6-4-11(5-7-12)15(21)19-13-3-1-2-10(8-13)9-14-16(22)20-17(23)24-14/h1-9H,18H2,(H,19,21)(H,20,22,23). The monoisotopic (exact) mass is 339 g/mol. The normalized spacial score (nSPS) is 15.4. The van der Waals surface area contributed by atoms with Crippen LogP contribution in [0.4, 0.5) is 16.2 Å². The molecule has 0 aliphatic carbocycles. The van der Waals surface area contributed by atoms with Gasteiger partial charge in [0.2, 0.25) is 0 Å². The van der Waals surface area contributed by atoms with Crippen LogP contribution in [0.3, 0.4) is 0 Å². The molecule has 3 amide bonds. The van der Waals surface area contributed by atoms with E-state index in [-0.39, 0.29) is 11.1 Å². The number of hydrogen-bond acceptors (Lipinski definition) is 5. The van der Waals surface area contributed by atoms with E-state index < -0.39 is 5.91 Å². The summed E-state index contributed by atoms with van der Waals surface area (Å²) in [6.45, 7) is 0. The Hall–Kier alpha value is -3.06. The fourth-order valence-corrected chi connectivity index (χ4v) is 2.80. The van der Waals surface area contributed by atoms with Gasteiger partial charge < -0.3 is 11.1 Å². The van der Waals surface area contributed by atoms with Gasteiger partial charge in [0.25, 0.3) is 17.1 Å². The maximum atomic E-state index is 12.2. The van der Waals surface area contributed by atoms with Gasteiger partial charge in [-0.05, 0) is 59.8 Å². The molecule has 1 aliphatic rings. The second kappa shape index (κ2) is 6.59. The lowest BCUT2D eigenvalue weighted by molar-refractivity contribution is -0.115. The molecule has 24 heavy (non-hydrogen) atoms. The van der Waals surface area contributed by atoms with E-state index in [1.54, 1.807) is 54.6 Å². The fourth-order valence-electron chi connectivity index (χ4n) is 2.12. The van der Waals surface area contributed by atoms with Gasteiger partial charge in [0.05, 0.1) is 4.91 Å². The highest BCUT2D eigenvalue weighted by atomic mass is 32.2. The van der Waals surface area contributed by atoms with Crippen molar-refractivity contribution in [2.75, 3.05) is 11.1 Å². The summed E-state index contributed by atoms with van der Waals surface area (Å²) in [4.78, 5) is 35.3. The maximum Gasteiger partial charge on any atom is 0.290 e. The summed E-state index contributed by atoms with van der Waals surface area (Å²) in [5, 5.41) is 4.59. The van der Waals surface area contributed by atoms with Gasteiger partial charge in [0.1, 0.15) is 0 Å². The number of carbonyl (C=O) groups excluding carboxylic acids is 3. The number of nitrogens with one attached hydrogen (secondary N) is 2. The Morgan fingerprint density at radius 3 is 2.54 bits per heavy atom. The van der Waals surface area contributed by atoms with Crippen LogP contribution in [-0.4, -0.2) is 17.1 Å². The molecule has 0 bridgehead atoms. The Morgan fingerprint density at radius 1 is 1.12 bits per heavy atom. The first-order chi connectivity index (χ1) is 11.5. The molecular weight excluding hydrogens is 326 g/mol. The lowest BCUT2D eigenvalue weighted by atomic mass is 10.1. The van der Waals surface area contributed by atoms with Gasteiger partial charge in [-0.25, -0.2) is 0 Å². The largest absolute Gasteiger partial charge is 0.399 e. The third-order valence-corrected chi connectivity index (χ3v) is 4.07. The average molecular weight is 339 g/mol. The summed E-state index contributed by atoms with van der Waals surface area (Å²) in [6, 6.07) is 13.6. The zero-order valence-corrected chi connectivity index (χ0v) is 13.2. The summed E-state index contributed by atoms with van der Waals surface area (Å²) < 4.78 is 0. The zero-order chi connectivity index (χ0) is 17.1. The van der Waals surface area contributed by atoms with E-state index in [2.05, 4.69) is 10.6 Å². The molecule has 2 aromatic rings. The molecule has 0 spiro atoms. The number of hydrogen-bond donors (Lipinski definition) is 3. The number of nitrogen functional groups attached to an aromatic ring is 1. The van der Waals surface area contributed by atoms with Crippen molar-refractivity contribution in [1.82, 2.24) is 5.32 Å². The van der Waals surface area contributed by atoms with Gasteiger partial charge in [-0.15, -0.1) is 0 Å². The first-order valence-corrected chi connectivity index (χ1v) is 7.85. The van der Waals surface area contributed by atoms with Crippen LogP contribution in [0.15, 0.2) is 53.4 Å². The minimum absolute atomic E-state index is 0.261. The summed E-state index contributed by atoms with van der Waals surface area (Å²) in [5.74, 6) is -0.677. The molecule has 4 N–H and O–H groups in total. The summed E-state index contributed by atoms with van der Waals surface area (Å²) in [5.41, 5.74) is 7.97. The predicted octanol–water partition coefficient (Wildman–Crippen LogP) is 2.85. The van der Waals surface area contributed by atoms with Crippen molar-refractivity contribution in [1.29, 1.82) is 0 Å². The maximum absolute atomic E-state index is 12.2. The molecule has 1 aliphatic heterocycles. The summed E-state index contributed by atoms with van der Waals surface area (Å²) in [6.07, 6.45) is 1.60. The number of amides is 3. The second-order valence-electron chi connectivity index (χ2n) is 5.05. The molecule has 1 saturated heterocycles. The molecule has 1 fully saturated rings. The van der Waals surface area contributed by atoms with Gasteiger partial charge in [0.15, 0.2) is 0 Å². The lowest BCUT2D eigenvalue weighted by Gasteiger charge is -2.06. The van der Waals surface area contributed by atoms with Crippen molar-refractivity contribution >= 4 is 46.3 Å². The van der Waals surface area contributed by atoms with Gasteiger partial charge in [-0.1, -0.05) is 12.1 Å². The van der Waals surface area contributed by atoms with Crippen molar-refractivity contribution in [3.8, 4) is 0 Å². The number of nitrogens with two attached hydrogens (primary N) is 1. The van der Waals surface area contributed by atoms with Crippen LogP contribution in [-0.2, 0) is 4.79 Å². The number of thioether (sulfide) groups is 1. The van der Waals surface area contributed by atoms with E-state index in [1.165, 1.54) is 0 Å². The highest BCUT2D eigenvalue weighted by Gasteiger charge is 2.24. The SMILES string of the molecule is Nc1ccc(C(=O)Nc2cccc(C=C3SC(=O)NC3=O)c2)cc1. The molecule has 1 heterocycles. The molecule has 0 radical (unpaired) electrons. The van der Waals surface area contributed by atoms with Gasteiger partial charge in [-0.3, -0.25) is 19.7 Å². The van der Waals surface area contributed by atoms with E-state index >= 15 is 0 Å². The number of rotatable bonds is 3. The molecule has 0 aromatic heterocycles. The lowest BCUT2D eigenvalue weighted by Crippen LogP contribution is -2.17. The minimum atomic E-state index is -0.415. The van der Waals surface area contributed by atoms with E-state index in [1.807, 2.05) is 0 Å². The zero-order valence-electron chi connectivity index (χ0n) is 12.4. The predicted molar refractivity (Wildman–Crippen MR) is 94.4 cm³/mol. The quantitative estimate of drug-likeness (QED) is 0.589. The molecule has 6 nitrogen and oxygen atoms in total. The van der Waals surface area contributed by atoms with Crippen molar-refractivity contribution in [3.63, 3.8) is 0 Å². The van der Waals surface area contributed by atoms with E-state index in [0.717, 1.165) is 11.8 Å². The second-order valence-corrected chi connectivity index (χ2v) is 6.07. The van der Waals surface area contributed by atoms with Crippen molar-refractivity contribution < 1.29 is 14.4 Å². The highest BCUT2D eigenvalue weighted by Crippen LogP contribution is 2.26. The molecule has 2 aromatic carbocycles. The first-order valence-electron chi connectivity index (χ1n) is 7.03. The van der Waals surface area contributed by atoms with Crippen LogP contribution in [0, 0.1) is 0 Å². The highest BCUT2D eigenvalue weighted by molar-refractivity contribution is 8.18. The van der Waals surface area contributed by atoms with Crippen LogP contribution >= 0.6 is 11.8 Å². The Bertz CT molecular complexity index is 860. The van der Waals surface area contributed by atoms with Crippen LogP contribution in [0.5, 0.6) is 0 Å². The first kappa shape index (κ1) is 15.8. The molecule has 0 saturated carbocycles. The number of benzene rings is 2. The Balaban J connectivity index is 1.77. The van der Waals surface area contributed by atoms with Gasteiger partial charge in [-0.2, -0.15) is 0 Å². The summed E-state index contributed by atoms with van der Waals surface area (Å²) >= 11 is 0.849. The van der Waals surface area contributed by atoms with Crippen LogP contribution < -0.4 is 16.4 Å². The molecule has 0 unspecified atom stereocenters. The Labute approximate surface area is 142 Å². The van der Waals surface area contributed by atoms with Gasteiger partial charge in [0, 0.05) is 16.9 Å². The molecule has 3 rings (SSSR count). The molecule has 120 valence electrons. The van der Waals surface area contributed by atoms with Crippen molar-refractivity contribution in [3.05, 3.63) is 64.6 Å². The summed E-state index contributed by atoms with van der Waals surface area (Å²) in [7, 11) is 0. The average Bonchev–Trinajstić information content (AvgIpc) is 2.86. The van der Waals surface area contributed by atoms with Gasteiger partial charge >= 0.3 is 0 Å². The minimum Gasteiger partial charge on any atom is -0.399 e. The third-order valence-electron chi connectivity index (χ3n) is 3.26.